The van der Waals surface area contributed by atoms with Gasteiger partial charge in [-0.3, -0.25) is 0 Å². The molecule has 0 amide bonds. The molecule has 0 aliphatic carbocycles. The molecular formula is C20H10Br2Cl2O4S2. The Balaban J connectivity index is 2.42. The summed E-state index contributed by atoms with van der Waals surface area (Å²) in [6.07, 6.45) is 0. The molecule has 0 bridgehead atoms. The third-order valence-corrected chi connectivity index (χ3v) is 9.18. The van der Waals surface area contributed by atoms with Gasteiger partial charge >= 0.3 is 0 Å². The Morgan fingerprint density at radius 2 is 0.933 bits per heavy atom. The lowest BCUT2D eigenvalue weighted by Gasteiger charge is -2.19. The Morgan fingerprint density at radius 3 is 1.27 bits per heavy atom. The van der Waals surface area contributed by atoms with Gasteiger partial charge in [0.2, 0.25) is 0 Å². The molecule has 0 aliphatic rings. The molecule has 4 aromatic carbocycles. The molecule has 0 aromatic heterocycles. The number of halogens is 4. The SMILES string of the molecule is O=S(=O)(Cl)c1c(Br)cc2ccccc2c1-c1c(S(=O)(=O)Cl)c(Br)cc2ccccc12. The average Bonchev–Trinajstić information content (AvgIpc) is 2.64. The molecule has 0 saturated heterocycles. The molecule has 154 valence electrons. The summed E-state index contributed by atoms with van der Waals surface area (Å²) in [5, 5.41) is 2.44. The van der Waals surface area contributed by atoms with Gasteiger partial charge < -0.3 is 0 Å². The minimum absolute atomic E-state index is 0.159. The van der Waals surface area contributed by atoms with Crippen LogP contribution in [0.2, 0.25) is 0 Å². The molecule has 4 rings (SSSR count). The van der Waals surface area contributed by atoms with Crippen molar-refractivity contribution in [3.63, 3.8) is 0 Å². The Kier molecular flexibility index (Phi) is 5.70. The minimum atomic E-state index is -4.28. The van der Waals surface area contributed by atoms with Gasteiger partial charge in [-0.05, 0) is 65.5 Å². The Bertz CT molecular complexity index is 1450. The summed E-state index contributed by atoms with van der Waals surface area (Å²) in [6, 6.07) is 17.3. The van der Waals surface area contributed by atoms with Crippen LogP contribution < -0.4 is 0 Å². The normalized spacial score (nSPS) is 12.5. The third-order valence-electron chi connectivity index (χ3n) is 4.65. The van der Waals surface area contributed by atoms with Crippen molar-refractivity contribution >= 4 is 92.9 Å². The highest BCUT2D eigenvalue weighted by molar-refractivity contribution is 9.10. The fourth-order valence-corrected chi connectivity index (χ4v) is 8.75. The molecule has 0 unspecified atom stereocenters. The van der Waals surface area contributed by atoms with Crippen LogP contribution in [0.3, 0.4) is 0 Å². The Hall–Kier alpha value is -1.16. The van der Waals surface area contributed by atoms with E-state index in [1.807, 2.05) is 0 Å². The zero-order chi connectivity index (χ0) is 21.8. The van der Waals surface area contributed by atoms with Crippen LogP contribution in [0.5, 0.6) is 0 Å². The monoisotopic (exact) mass is 606 g/mol. The van der Waals surface area contributed by atoms with E-state index in [0.717, 1.165) is 0 Å². The molecule has 0 radical (unpaired) electrons. The standard InChI is InChI=1S/C20H10Br2Cl2O4S2/c21-15-9-11-5-1-3-7-13(11)17(19(15)29(23,25)26)18-14-8-4-2-6-12(14)10-16(22)20(18)30(24,27)28/h1-10H. The minimum Gasteiger partial charge on any atom is -0.207 e. The first-order valence-corrected chi connectivity index (χ1v) is 14.5. The molecule has 0 spiro atoms. The number of benzene rings is 4. The van der Waals surface area contributed by atoms with Gasteiger partial charge in [-0.2, -0.15) is 0 Å². The summed E-state index contributed by atoms with van der Waals surface area (Å²) in [6.45, 7) is 0. The van der Waals surface area contributed by atoms with Crippen molar-refractivity contribution in [2.75, 3.05) is 0 Å². The molecule has 30 heavy (non-hydrogen) atoms. The van der Waals surface area contributed by atoms with E-state index in [-0.39, 0.29) is 29.9 Å². The number of hydrogen-bond donors (Lipinski definition) is 0. The quantitative estimate of drug-likeness (QED) is 0.234. The maximum atomic E-state index is 12.6. The van der Waals surface area contributed by atoms with Gasteiger partial charge in [-0.15, -0.1) is 0 Å². The summed E-state index contributed by atoms with van der Waals surface area (Å²) in [5.41, 5.74) is 0.318. The van der Waals surface area contributed by atoms with Crippen molar-refractivity contribution in [2.24, 2.45) is 0 Å². The van der Waals surface area contributed by atoms with Crippen LogP contribution in [-0.4, -0.2) is 16.8 Å². The van der Waals surface area contributed by atoms with E-state index in [1.165, 1.54) is 0 Å². The van der Waals surface area contributed by atoms with E-state index in [9.17, 15) is 16.8 Å². The van der Waals surface area contributed by atoms with E-state index in [2.05, 4.69) is 31.9 Å². The lowest BCUT2D eigenvalue weighted by Crippen LogP contribution is -2.03. The van der Waals surface area contributed by atoms with Gasteiger partial charge in [0.15, 0.2) is 0 Å². The van der Waals surface area contributed by atoms with Crippen molar-refractivity contribution in [3.8, 4) is 11.1 Å². The van der Waals surface area contributed by atoms with Gasteiger partial charge in [-0.1, -0.05) is 48.5 Å². The largest absolute Gasteiger partial charge is 0.263 e. The first-order chi connectivity index (χ1) is 14.0. The van der Waals surface area contributed by atoms with Crippen molar-refractivity contribution in [1.29, 1.82) is 0 Å². The zero-order valence-electron chi connectivity index (χ0n) is 14.7. The fourth-order valence-electron chi connectivity index (χ4n) is 3.56. The van der Waals surface area contributed by atoms with E-state index >= 15 is 0 Å². The molecular weight excluding hydrogens is 599 g/mol. The van der Waals surface area contributed by atoms with E-state index in [4.69, 9.17) is 21.4 Å². The second kappa shape index (κ2) is 7.76. The summed E-state index contributed by atoms with van der Waals surface area (Å²) in [7, 11) is 3.10. The van der Waals surface area contributed by atoms with Crippen molar-refractivity contribution < 1.29 is 16.8 Å². The summed E-state index contributed by atoms with van der Waals surface area (Å²) in [5.74, 6) is 0. The Morgan fingerprint density at radius 1 is 0.600 bits per heavy atom. The lowest BCUT2D eigenvalue weighted by atomic mass is 9.93. The van der Waals surface area contributed by atoms with Crippen molar-refractivity contribution in [2.45, 2.75) is 9.79 Å². The van der Waals surface area contributed by atoms with Crippen molar-refractivity contribution in [1.82, 2.24) is 0 Å². The van der Waals surface area contributed by atoms with E-state index in [0.29, 0.717) is 21.5 Å². The topological polar surface area (TPSA) is 68.3 Å². The molecule has 0 saturated carbocycles. The first kappa shape index (κ1) is 22.0. The lowest BCUT2D eigenvalue weighted by molar-refractivity contribution is 0.607. The first-order valence-electron chi connectivity index (χ1n) is 8.32. The van der Waals surface area contributed by atoms with Gasteiger partial charge in [0, 0.05) is 41.4 Å². The molecule has 0 atom stereocenters. The number of hydrogen-bond acceptors (Lipinski definition) is 4. The van der Waals surface area contributed by atoms with Crippen LogP contribution in [0.25, 0.3) is 32.7 Å². The van der Waals surface area contributed by atoms with Crippen LogP contribution in [-0.2, 0) is 18.1 Å². The maximum absolute atomic E-state index is 12.6. The van der Waals surface area contributed by atoms with Crippen LogP contribution in [0, 0.1) is 0 Å². The third kappa shape index (κ3) is 3.78. The van der Waals surface area contributed by atoms with Crippen LogP contribution in [0.4, 0.5) is 0 Å². The highest BCUT2D eigenvalue weighted by atomic mass is 79.9. The van der Waals surface area contributed by atoms with Crippen LogP contribution >= 0.6 is 53.2 Å². The molecule has 4 nitrogen and oxygen atoms in total. The second-order valence-corrected chi connectivity index (χ2v) is 13.2. The second-order valence-electron chi connectivity index (χ2n) is 6.44. The van der Waals surface area contributed by atoms with E-state index in [1.54, 1.807) is 60.7 Å². The van der Waals surface area contributed by atoms with Gasteiger partial charge in [0.05, 0.1) is 0 Å². The van der Waals surface area contributed by atoms with Crippen LogP contribution in [0.1, 0.15) is 0 Å². The molecule has 0 fully saturated rings. The Labute approximate surface area is 198 Å². The highest BCUT2D eigenvalue weighted by Crippen LogP contribution is 2.48. The smallest absolute Gasteiger partial charge is 0.207 e. The van der Waals surface area contributed by atoms with Crippen molar-refractivity contribution in [3.05, 3.63) is 69.6 Å². The van der Waals surface area contributed by atoms with Gasteiger partial charge in [0.1, 0.15) is 9.79 Å². The molecule has 0 heterocycles. The number of rotatable bonds is 3. The van der Waals surface area contributed by atoms with Crippen LogP contribution in [0.15, 0.2) is 79.4 Å². The fraction of sp³-hybridized carbons (Fsp3) is 0. The summed E-state index contributed by atoms with van der Waals surface area (Å²) < 4.78 is 50.9. The molecule has 10 heteroatoms. The average molecular weight is 609 g/mol. The van der Waals surface area contributed by atoms with Gasteiger partial charge in [-0.25, -0.2) is 16.8 Å². The highest BCUT2D eigenvalue weighted by Gasteiger charge is 2.30. The number of fused-ring (bicyclic) bond motifs is 2. The van der Waals surface area contributed by atoms with Gasteiger partial charge in [0.25, 0.3) is 18.1 Å². The summed E-state index contributed by atoms with van der Waals surface area (Å²) in [4.78, 5) is -0.458. The van der Waals surface area contributed by atoms with E-state index < -0.39 is 18.1 Å². The molecule has 0 N–H and O–H groups in total. The molecule has 4 aromatic rings. The summed E-state index contributed by atoms with van der Waals surface area (Å²) >= 11 is 6.60. The zero-order valence-corrected chi connectivity index (χ0v) is 21.1. The predicted octanol–water partition coefficient (Wildman–Crippen LogP) is 7.04. The predicted molar refractivity (Wildman–Crippen MR) is 128 cm³/mol. The maximum Gasteiger partial charge on any atom is 0.263 e. The molecule has 0 aliphatic heterocycles.